The fourth-order valence-electron chi connectivity index (χ4n) is 3.76. The van der Waals surface area contributed by atoms with Crippen LogP contribution in [0.2, 0.25) is 5.02 Å². The minimum Gasteiger partial charge on any atom is -0.496 e. The van der Waals surface area contributed by atoms with E-state index in [2.05, 4.69) is 31.1 Å². The highest BCUT2D eigenvalue weighted by atomic mass is 35.5. The van der Waals surface area contributed by atoms with E-state index in [0.29, 0.717) is 41.7 Å². The summed E-state index contributed by atoms with van der Waals surface area (Å²) in [7, 11) is 1.49. The van der Waals surface area contributed by atoms with Crippen LogP contribution in [0.3, 0.4) is 0 Å². The molecule has 2 heterocycles. The summed E-state index contributed by atoms with van der Waals surface area (Å²) in [5, 5.41) is 17.3. The van der Waals surface area contributed by atoms with Crippen LogP contribution in [-0.4, -0.2) is 69.7 Å². The molecule has 0 atom stereocenters. The van der Waals surface area contributed by atoms with Gasteiger partial charge in [0.15, 0.2) is 0 Å². The lowest BCUT2D eigenvalue weighted by atomic mass is 10.0. The minimum atomic E-state index is -0.266. The van der Waals surface area contributed by atoms with Gasteiger partial charge < -0.3 is 15.4 Å². The van der Waals surface area contributed by atoms with E-state index in [-0.39, 0.29) is 17.9 Å². The first-order valence-corrected chi connectivity index (χ1v) is 10.9. The van der Waals surface area contributed by atoms with Crippen LogP contribution in [0, 0.1) is 0 Å². The van der Waals surface area contributed by atoms with Crippen LogP contribution in [0.25, 0.3) is 5.69 Å². The number of halogens is 1. The second-order valence-corrected chi connectivity index (χ2v) is 8.10. The van der Waals surface area contributed by atoms with Gasteiger partial charge in [0.05, 0.1) is 29.9 Å². The molecule has 2 amide bonds. The quantitative estimate of drug-likeness (QED) is 0.545. The number of hydrogen-bond donors (Lipinski definition) is 2. The van der Waals surface area contributed by atoms with Gasteiger partial charge in [-0.05, 0) is 41.5 Å². The summed E-state index contributed by atoms with van der Waals surface area (Å²) in [6.45, 7) is 1.74. The topological polar surface area (TPSA) is 114 Å². The van der Waals surface area contributed by atoms with E-state index in [0.717, 1.165) is 18.5 Å². The van der Waals surface area contributed by atoms with Crippen molar-refractivity contribution in [1.82, 2.24) is 30.4 Å². The number of tetrazole rings is 1. The first-order valence-electron chi connectivity index (χ1n) is 10.5. The van der Waals surface area contributed by atoms with Crippen molar-refractivity contribution in [2.45, 2.75) is 18.9 Å². The molecule has 3 aromatic rings. The molecular formula is C22H24ClN7O3. The molecule has 1 aliphatic heterocycles. The Labute approximate surface area is 195 Å². The van der Waals surface area contributed by atoms with Crippen molar-refractivity contribution in [3.05, 3.63) is 59.4 Å². The lowest BCUT2D eigenvalue weighted by Gasteiger charge is -2.32. The highest BCUT2D eigenvalue weighted by Gasteiger charge is 2.24. The van der Waals surface area contributed by atoms with E-state index in [9.17, 15) is 9.59 Å². The van der Waals surface area contributed by atoms with Crippen molar-refractivity contribution in [2.75, 3.05) is 32.1 Å². The Morgan fingerprint density at radius 3 is 2.61 bits per heavy atom. The number of nitrogens with one attached hydrogen (secondary N) is 2. The van der Waals surface area contributed by atoms with E-state index in [1.165, 1.54) is 18.1 Å². The number of anilines is 1. The maximum Gasteiger partial charge on any atom is 0.255 e. The van der Waals surface area contributed by atoms with Crippen molar-refractivity contribution in [3.8, 4) is 11.4 Å². The summed E-state index contributed by atoms with van der Waals surface area (Å²) in [6.07, 6.45) is 2.89. The Morgan fingerprint density at radius 1 is 1.18 bits per heavy atom. The molecule has 0 spiro atoms. The Bertz CT molecular complexity index is 1100. The van der Waals surface area contributed by atoms with Crippen LogP contribution in [0.15, 0.2) is 48.8 Å². The van der Waals surface area contributed by atoms with Crippen molar-refractivity contribution in [3.63, 3.8) is 0 Å². The number of ether oxygens (including phenoxy) is 1. The van der Waals surface area contributed by atoms with Gasteiger partial charge in [-0.15, -0.1) is 5.10 Å². The summed E-state index contributed by atoms with van der Waals surface area (Å²) in [4.78, 5) is 27.3. The average molecular weight is 470 g/mol. The molecule has 2 N–H and O–H groups in total. The molecule has 1 saturated heterocycles. The SMILES string of the molecule is COc1cc(-n2cnnn2)c(Cl)cc1C(=O)NC1CCN(CC(=O)Nc2ccccc2)CC1. The Balaban J connectivity index is 1.32. The normalized spacial score (nSPS) is 14.6. The number of rotatable bonds is 7. The van der Waals surface area contributed by atoms with Crippen LogP contribution < -0.4 is 15.4 Å². The number of carbonyl (C=O) groups excluding carboxylic acids is 2. The molecule has 4 rings (SSSR count). The summed E-state index contributed by atoms with van der Waals surface area (Å²) < 4.78 is 6.80. The molecule has 0 saturated carbocycles. The number of benzene rings is 2. The van der Waals surface area contributed by atoms with Gasteiger partial charge in [-0.2, -0.15) is 4.68 Å². The number of aromatic nitrogens is 4. The Kier molecular flexibility index (Phi) is 7.16. The molecule has 1 aromatic heterocycles. The van der Waals surface area contributed by atoms with Gasteiger partial charge in [-0.3, -0.25) is 14.5 Å². The predicted molar refractivity (Wildman–Crippen MR) is 123 cm³/mol. The number of piperidine rings is 1. The van der Waals surface area contributed by atoms with E-state index >= 15 is 0 Å². The molecular weight excluding hydrogens is 446 g/mol. The van der Waals surface area contributed by atoms with E-state index in [1.807, 2.05) is 30.3 Å². The molecule has 33 heavy (non-hydrogen) atoms. The zero-order valence-corrected chi connectivity index (χ0v) is 18.8. The van der Waals surface area contributed by atoms with Crippen molar-refractivity contribution >= 4 is 29.1 Å². The molecule has 10 nitrogen and oxygen atoms in total. The van der Waals surface area contributed by atoms with Crippen molar-refractivity contribution in [1.29, 1.82) is 0 Å². The zero-order chi connectivity index (χ0) is 23.2. The largest absolute Gasteiger partial charge is 0.496 e. The number of nitrogens with zero attached hydrogens (tertiary/aromatic N) is 5. The van der Waals surface area contributed by atoms with E-state index in [1.54, 1.807) is 12.1 Å². The first kappa shape index (κ1) is 22.7. The summed E-state index contributed by atoms with van der Waals surface area (Å²) in [6, 6.07) is 12.5. The third-order valence-corrected chi connectivity index (χ3v) is 5.76. The number of methoxy groups -OCH3 is 1. The van der Waals surface area contributed by atoms with Gasteiger partial charge in [0, 0.05) is 30.9 Å². The molecule has 0 bridgehead atoms. The van der Waals surface area contributed by atoms with Gasteiger partial charge in [0.1, 0.15) is 12.1 Å². The number of carbonyl (C=O) groups is 2. The predicted octanol–water partition coefficient (Wildman–Crippen LogP) is 2.16. The molecule has 0 aliphatic carbocycles. The average Bonchev–Trinajstić information content (AvgIpc) is 3.35. The van der Waals surface area contributed by atoms with Crippen LogP contribution in [0.5, 0.6) is 5.75 Å². The lowest BCUT2D eigenvalue weighted by molar-refractivity contribution is -0.117. The second-order valence-electron chi connectivity index (χ2n) is 7.70. The summed E-state index contributed by atoms with van der Waals surface area (Å²) >= 11 is 6.37. The summed E-state index contributed by atoms with van der Waals surface area (Å²) in [5.74, 6) is 0.0560. The number of hydrogen-bond acceptors (Lipinski definition) is 7. The van der Waals surface area contributed by atoms with Gasteiger partial charge >= 0.3 is 0 Å². The summed E-state index contributed by atoms with van der Waals surface area (Å²) in [5.41, 5.74) is 1.63. The zero-order valence-electron chi connectivity index (χ0n) is 18.1. The van der Waals surface area contributed by atoms with Crippen LogP contribution in [-0.2, 0) is 4.79 Å². The minimum absolute atomic E-state index is 0.00592. The molecule has 1 fully saturated rings. The maximum atomic E-state index is 12.9. The molecule has 0 unspecified atom stereocenters. The fraction of sp³-hybridized carbons (Fsp3) is 0.318. The van der Waals surface area contributed by atoms with E-state index in [4.69, 9.17) is 16.3 Å². The van der Waals surface area contributed by atoms with Crippen molar-refractivity contribution < 1.29 is 14.3 Å². The standard InChI is InChI=1S/C22H24ClN7O3/c1-33-20-12-19(30-14-24-27-28-30)18(23)11-17(20)22(32)26-16-7-9-29(10-8-16)13-21(31)25-15-5-3-2-4-6-15/h2-6,11-12,14,16H,7-10,13H2,1H3,(H,25,31)(H,26,32). The van der Waals surface area contributed by atoms with Crippen LogP contribution in [0.1, 0.15) is 23.2 Å². The number of amides is 2. The molecule has 2 aromatic carbocycles. The monoisotopic (exact) mass is 469 g/mol. The van der Waals surface area contributed by atoms with Gasteiger partial charge in [-0.25, -0.2) is 0 Å². The Morgan fingerprint density at radius 2 is 1.94 bits per heavy atom. The van der Waals surface area contributed by atoms with Gasteiger partial charge in [-0.1, -0.05) is 29.8 Å². The van der Waals surface area contributed by atoms with Crippen molar-refractivity contribution in [2.24, 2.45) is 0 Å². The smallest absolute Gasteiger partial charge is 0.255 e. The van der Waals surface area contributed by atoms with E-state index < -0.39 is 0 Å². The third kappa shape index (κ3) is 5.65. The molecule has 172 valence electrons. The first-order chi connectivity index (χ1) is 16.0. The Hall–Kier alpha value is -3.50. The highest BCUT2D eigenvalue weighted by Crippen LogP contribution is 2.29. The third-order valence-electron chi connectivity index (χ3n) is 5.46. The second kappa shape index (κ2) is 10.4. The molecule has 0 radical (unpaired) electrons. The van der Waals surface area contributed by atoms with Crippen LogP contribution >= 0.6 is 11.6 Å². The number of para-hydroxylation sites is 1. The van der Waals surface area contributed by atoms with Crippen LogP contribution in [0.4, 0.5) is 5.69 Å². The maximum absolute atomic E-state index is 12.9. The van der Waals surface area contributed by atoms with Gasteiger partial charge in [0.25, 0.3) is 5.91 Å². The van der Waals surface area contributed by atoms with Gasteiger partial charge in [0.2, 0.25) is 5.91 Å². The number of likely N-dealkylation sites (tertiary alicyclic amines) is 1. The lowest BCUT2D eigenvalue weighted by Crippen LogP contribution is -2.46. The molecule has 11 heteroatoms. The molecule has 1 aliphatic rings. The fourth-order valence-corrected chi connectivity index (χ4v) is 4.01. The highest BCUT2D eigenvalue weighted by molar-refractivity contribution is 6.33.